The minimum atomic E-state index is -0.0298. The van der Waals surface area contributed by atoms with Crippen LogP contribution in [0.3, 0.4) is 0 Å². The maximum Gasteiger partial charge on any atom is 0.189 e. The number of hydrogen-bond acceptors (Lipinski definition) is 2. The van der Waals surface area contributed by atoms with Gasteiger partial charge in [-0.3, -0.25) is 9.59 Å². The van der Waals surface area contributed by atoms with Gasteiger partial charge in [0.2, 0.25) is 0 Å². The Morgan fingerprint density at radius 1 is 0.724 bits per heavy atom. The van der Waals surface area contributed by atoms with E-state index in [-0.39, 0.29) is 11.6 Å². The first-order valence-electron chi connectivity index (χ1n) is 11.4. The molecule has 156 valence electrons. The van der Waals surface area contributed by atoms with Crippen LogP contribution in [0.15, 0.2) is 60.2 Å². The molecule has 0 aromatic heterocycles. The molecular formula is C27H36O2. The minimum absolute atomic E-state index is 0.0298. The molecule has 2 rings (SSSR count). The number of allylic oxidation sites excluding steroid dienone is 6. The number of fused-ring (bicyclic) bond motifs is 1. The van der Waals surface area contributed by atoms with Crippen LogP contribution in [0.25, 0.3) is 0 Å². The van der Waals surface area contributed by atoms with E-state index in [1.54, 1.807) is 18.2 Å². The first kappa shape index (κ1) is 23.1. The van der Waals surface area contributed by atoms with Crippen LogP contribution >= 0.6 is 0 Å². The largest absolute Gasteiger partial charge is 0.289 e. The molecule has 0 saturated carbocycles. The lowest BCUT2D eigenvalue weighted by Gasteiger charge is -2.14. The number of benzene rings is 1. The Morgan fingerprint density at radius 2 is 1.34 bits per heavy atom. The Hall–Kier alpha value is -2.22. The van der Waals surface area contributed by atoms with Gasteiger partial charge in [0.05, 0.1) is 0 Å². The zero-order valence-corrected chi connectivity index (χ0v) is 18.0. The van der Waals surface area contributed by atoms with Gasteiger partial charge in [-0.1, -0.05) is 87.6 Å². The van der Waals surface area contributed by atoms with Crippen molar-refractivity contribution in [2.45, 2.75) is 84.0 Å². The maximum atomic E-state index is 12.5. The second-order valence-corrected chi connectivity index (χ2v) is 7.89. The number of ketones is 2. The van der Waals surface area contributed by atoms with Crippen LogP contribution in [0.2, 0.25) is 0 Å². The number of carbonyl (C=O) groups excluding carboxylic acids is 2. The summed E-state index contributed by atoms with van der Waals surface area (Å²) in [5.41, 5.74) is 1.79. The molecule has 0 fully saturated rings. The van der Waals surface area contributed by atoms with E-state index in [2.05, 4.69) is 31.2 Å². The summed E-state index contributed by atoms with van der Waals surface area (Å²) in [5.74, 6) is 0.00235. The summed E-state index contributed by atoms with van der Waals surface area (Å²) in [6, 6.07) is 7.13. The summed E-state index contributed by atoms with van der Waals surface area (Å²) in [6.45, 7) is 2.24. The molecule has 0 unspecified atom stereocenters. The highest BCUT2D eigenvalue weighted by molar-refractivity contribution is 6.24. The fourth-order valence-corrected chi connectivity index (χ4v) is 3.68. The lowest BCUT2D eigenvalue weighted by molar-refractivity contribution is 0.0981. The highest BCUT2D eigenvalue weighted by Crippen LogP contribution is 2.24. The Kier molecular flexibility index (Phi) is 11.0. The molecule has 29 heavy (non-hydrogen) atoms. The quantitative estimate of drug-likeness (QED) is 0.239. The van der Waals surface area contributed by atoms with Crippen LogP contribution in [0.4, 0.5) is 0 Å². The van der Waals surface area contributed by atoms with Crippen molar-refractivity contribution < 1.29 is 9.59 Å². The highest BCUT2D eigenvalue weighted by Gasteiger charge is 2.24. The van der Waals surface area contributed by atoms with Gasteiger partial charge in [-0.2, -0.15) is 0 Å². The number of Topliss-reactive ketones (excluding diaryl/α,β-unsaturated/α-hetero) is 1. The molecule has 0 amide bonds. The predicted molar refractivity (Wildman–Crippen MR) is 123 cm³/mol. The second-order valence-electron chi connectivity index (χ2n) is 7.89. The van der Waals surface area contributed by atoms with E-state index in [1.807, 2.05) is 12.1 Å². The lowest BCUT2D eigenvalue weighted by Crippen LogP contribution is -2.16. The van der Waals surface area contributed by atoms with Gasteiger partial charge in [0, 0.05) is 16.7 Å². The summed E-state index contributed by atoms with van der Waals surface area (Å²) in [7, 11) is 0. The molecule has 0 aliphatic heterocycles. The van der Waals surface area contributed by atoms with Crippen LogP contribution in [0, 0.1) is 0 Å². The van der Waals surface area contributed by atoms with Crippen LogP contribution in [0.5, 0.6) is 0 Å². The van der Waals surface area contributed by atoms with E-state index in [0.29, 0.717) is 23.1 Å². The molecule has 0 heterocycles. The molecule has 1 aromatic rings. The normalized spacial score (nSPS) is 14.0. The molecule has 0 bridgehead atoms. The third-order valence-electron chi connectivity index (χ3n) is 5.43. The molecule has 0 spiro atoms. The molecule has 0 saturated heterocycles. The molecule has 0 atom stereocenters. The molecular weight excluding hydrogens is 356 g/mol. The summed E-state index contributed by atoms with van der Waals surface area (Å²) in [5, 5.41) is 0. The topological polar surface area (TPSA) is 34.1 Å². The zero-order chi connectivity index (χ0) is 20.7. The highest BCUT2D eigenvalue weighted by atomic mass is 16.1. The van der Waals surface area contributed by atoms with Crippen LogP contribution in [-0.2, 0) is 0 Å². The fourth-order valence-electron chi connectivity index (χ4n) is 3.68. The predicted octanol–water partition coefficient (Wildman–Crippen LogP) is 7.81. The second kappa shape index (κ2) is 13.9. The number of rotatable bonds is 14. The van der Waals surface area contributed by atoms with Crippen molar-refractivity contribution in [1.29, 1.82) is 0 Å². The van der Waals surface area contributed by atoms with Crippen molar-refractivity contribution in [3.63, 3.8) is 0 Å². The van der Waals surface area contributed by atoms with Crippen molar-refractivity contribution >= 4 is 11.6 Å². The SMILES string of the molecule is CCCCC/C=C/C/C=C/CCCCCCCC1=CC(=O)c2ccccc2C1=O. The number of hydrogen-bond donors (Lipinski definition) is 0. The summed E-state index contributed by atoms with van der Waals surface area (Å²) in [6.07, 6.45) is 24.5. The van der Waals surface area contributed by atoms with E-state index in [4.69, 9.17) is 0 Å². The zero-order valence-electron chi connectivity index (χ0n) is 18.0. The molecule has 1 aliphatic rings. The third kappa shape index (κ3) is 8.35. The van der Waals surface area contributed by atoms with E-state index >= 15 is 0 Å². The first-order valence-corrected chi connectivity index (χ1v) is 11.4. The molecule has 0 N–H and O–H groups in total. The number of unbranched alkanes of at least 4 members (excludes halogenated alkanes) is 8. The van der Waals surface area contributed by atoms with E-state index in [9.17, 15) is 9.59 Å². The van der Waals surface area contributed by atoms with Gasteiger partial charge < -0.3 is 0 Å². The van der Waals surface area contributed by atoms with Crippen molar-refractivity contribution in [2.75, 3.05) is 0 Å². The first-order chi connectivity index (χ1) is 14.2. The molecule has 1 aromatic carbocycles. The third-order valence-corrected chi connectivity index (χ3v) is 5.43. The molecule has 0 radical (unpaired) electrons. The van der Waals surface area contributed by atoms with Gasteiger partial charge in [0.1, 0.15) is 0 Å². The van der Waals surface area contributed by atoms with Crippen molar-refractivity contribution in [3.8, 4) is 0 Å². The Balaban J connectivity index is 1.51. The monoisotopic (exact) mass is 392 g/mol. The van der Waals surface area contributed by atoms with Gasteiger partial charge in [-0.05, 0) is 51.0 Å². The van der Waals surface area contributed by atoms with Crippen LogP contribution in [0.1, 0.15) is 105 Å². The Morgan fingerprint density at radius 3 is 2.07 bits per heavy atom. The van der Waals surface area contributed by atoms with E-state index in [0.717, 1.165) is 25.7 Å². The van der Waals surface area contributed by atoms with Crippen molar-refractivity contribution in [1.82, 2.24) is 0 Å². The number of carbonyl (C=O) groups is 2. The summed E-state index contributed by atoms with van der Waals surface area (Å²) in [4.78, 5) is 24.7. The van der Waals surface area contributed by atoms with Gasteiger partial charge in [0.25, 0.3) is 0 Å². The van der Waals surface area contributed by atoms with Crippen LogP contribution < -0.4 is 0 Å². The van der Waals surface area contributed by atoms with Gasteiger partial charge >= 0.3 is 0 Å². The van der Waals surface area contributed by atoms with Crippen molar-refractivity contribution in [3.05, 3.63) is 71.3 Å². The van der Waals surface area contributed by atoms with E-state index < -0.39 is 0 Å². The van der Waals surface area contributed by atoms with Crippen LogP contribution in [-0.4, -0.2) is 11.6 Å². The lowest BCUT2D eigenvalue weighted by atomic mass is 9.87. The average molecular weight is 393 g/mol. The fraction of sp³-hybridized carbons (Fsp3) is 0.481. The van der Waals surface area contributed by atoms with E-state index in [1.165, 1.54) is 44.9 Å². The van der Waals surface area contributed by atoms with Crippen molar-refractivity contribution in [2.24, 2.45) is 0 Å². The summed E-state index contributed by atoms with van der Waals surface area (Å²) >= 11 is 0. The molecule has 2 nitrogen and oxygen atoms in total. The standard InChI is InChI=1S/C27H36O2/c1-2-3-4-5-6-7-8-9-10-11-12-13-14-15-16-19-23-22-26(28)24-20-17-18-21-25(24)27(23)29/h6-7,9-10,17-18,20-22H,2-5,8,11-16,19H2,1H3/b7-6+,10-9+. The minimum Gasteiger partial charge on any atom is -0.289 e. The van der Waals surface area contributed by atoms with Gasteiger partial charge in [-0.25, -0.2) is 0 Å². The molecule has 2 heteroatoms. The summed E-state index contributed by atoms with van der Waals surface area (Å²) < 4.78 is 0. The van der Waals surface area contributed by atoms with Gasteiger partial charge in [0.15, 0.2) is 11.6 Å². The Labute approximate surface area is 176 Å². The Bertz CT molecular complexity index is 737. The molecule has 1 aliphatic carbocycles. The van der Waals surface area contributed by atoms with Gasteiger partial charge in [-0.15, -0.1) is 0 Å². The smallest absolute Gasteiger partial charge is 0.189 e. The average Bonchev–Trinajstić information content (AvgIpc) is 2.74. The maximum absolute atomic E-state index is 12.5.